The van der Waals surface area contributed by atoms with Crippen molar-refractivity contribution in [3.63, 3.8) is 0 Å². The third-order valence-electron chi connectivity index (χ3n) is 3.72. The van der Waals surface area contributed by atoms with Crippen LogP contribution in [0.3, 0.4) is 0 Å². The first-order valence-corrected chi connectivity index (χ1v) is 8.77. The average Bonchev–Trinajstić information content (AvgIpc) is 2.95. The zero-order chi connectivity index (χ0) is 17.5. The van der Waals surface area contributed by atoms with E-state index in [2.05, 4.69) is 4.98 Å². The number of thiazole rings is 1. The maximum Gasteiger partial charge on any atom is 0.357 e. The molecule has 1 saturated heterocycles. The number of carbonyl (C=O) groups excluding carboxylic acids is 3. The zero-order valence-corrected chi connectivity index (χ0v) is 14.3. The van der Waals surface area contributed by atoms with Crippen molar-refractivity contribution in [2.45, 2.75) is 38.5 Å². The number of aromatic nitrogens is 1. The molecule has 7 nitrogen and oxygen atoms in total. The summed E-state index contributed by atoms with van der Waals surface area (Å²) in [6.07, 6.45) is 3.10. The Morgan fingerprint density at radius 1 is 1.46 bits per heavy atom. The van der Waals surface area contributed by atoms with Crippen LogP contribution < -0.4 is 0 Å². The summed E-state index contributed by atoms with van der Waals surface area (Å²) in [4.78, 5) is 41.6. The lowest BCUT2D eigenvalue weighted by molar-refractivity contribution is -0.135. The maximum absolute atomic E-state index is 12.4. The number of ether oxygens (including phenoxy) is 1. The highest BCUT2D eigenvalue weighted by atomic mass is 32.1. The number of esters is 1. The topological polar surface area (TPSA) is 100 Å². The first-order chi connectivity index (χ1) is 11.6. The van der Waals surface area contributed by atoms with Gasteiger partial charge in [-0.25, -0.2) is 9.78 Å². The molecule has 24 heavy (non-hydrogen) atoms. The molecule has 2 rings (SSSR count). The highest BCUT2D eigenvalue weighted by molar-refractivity contribution is 7.10. The molecule has 0 aliphatic carbocycles. The predicted molar refractivity (Wildman–Crippen MR) is 86.5 cm³/mol. The minimum atomic E-state index is -1.07. The first kappa shape index (κ1) is 18.1. The first-order valence-electron chi connectivity index (χ1n) is 7.89. The van der Waals surface area contributed by atoms with Crippen LogP contribution in [0.1, 0.15) is 54.0 Å². The molecule has 1 aromatic rings. The van der Waals surface area contributed by atoms with Crippen LogP contribution >= 0.6 is 11.3 Å². The summed E-state index contributed by atoms with van der Waals surface area (Å²) < 4.78 is 4.85. The fraction of sp³-hybridized carbons (Fsp3) is 0.562. The Morgan fingerprint density at radius 3 is 2.96 bits per heavy atom. The molecule has 0 saturated carbocycles. The van der Waals surface area contributed by atoms with Crippen LogP contribution in [0, 0.1) is 11.3 Å². The third kappa shape index (κ3) is 4.38. The number of carbonyl (C=O) groups is 3. The maximum atomic E-state index is 12.4. The Bertz CT molecular complexity index is 665. The van der Waals surface area contributed by atoms with Crippen LogP contribution in [0.25, 0.3) is 0 Å². The summed E-state index contributed by atoms with van der Waals surface area (Å²) in [6.45, 7) is 2.36. The largest absolute Gasteiger partial charge is 0.461 e. The van der Waals surface area contributed by atoms with Gasteiger partial charge < -0.3 is 9.64 Å². The van der Waals surface area contributed by atoms with Gasteiger partial charge in [0.1, 0.15) is 5.01 Å². The quantitative estimate of drug-likeness (QED) is 0.727. The van der Waals surface area contributed by atoms with Crippen molar-refractivity contribution < 1.29 is 19.1 Å². The number of rotatable bonds is 6. The minimum Gasteiger partial charge on any atom is -0.461 e. The van der Waals surface area contributed by atoms with Crippen molar-refractivity contribution in [2.24, 2.45) is 0 Å². The summed E-state index contributed by atoms with van der Waals surface area (Å²) in [7, 11) is 0. The monoisotopic (exact) mass is 349 g/mol. The lowest BCUT2D eigenvalue weighted by Gasteiger charge is -2.20. The molecule has 0 spiro atoms. The average molecular weight is 349 g/mol. The molecule has 128 valence electrons. The summed E-state index contributed by atoms with van der Waals surface area (Å²) in [5, 5.41) is 11.1. The molecule has 1 fully saturated rings. The van der Waals surface area contributed by atoms with Crippen LogP contribution in [0.5, 0.6) is 0 Å². The van der Waals surface area contributed by atoms with Crippen LogP contribution in [-0.4, -0.2) is 47.2 Å². The van der Waals surface area contributed by atoms with Gasteiger partial charge in [0.25, 0.3) is 0 Å². The Balaban J connectivity index is 2.07. The van der Waals surface area contributed by atoms with Gasteiger partial charge in [-0.2, -0.15) is 5.26 Å². The molecule has 1 aliphatic rings. The lowest BCUT2D eigenvalue weighted by Crippen LogP contribution is -2.36. The van der Waals surface area contributed by atoms with Gasteiger partial charge >= 0.3 is 5.97 Å². The summed E-state index contributed by atoms with van der Waals surface area (Å²) in [6, 6.07) is 1.93. The number of nitriles is 1. The predicted octanol–water partition coefficient (Wildman–Crippen LogP) is 1.90. The van der Waals surface area contributed by atoms with Crippen molar-refractivity contribution in [3.05, 3.63) is 16.1 Å². The SMILES string of the molecule is CCOC(=O)c1csc(C(C#N)C(=O)CN2CCCCCC2=O)n1. The van der Waals surface area contributed by atoms with Gasteiger partial charge in [0.15, 0.2) is 17.4 Å². The van der Waals surface area contributed by atoms with Gasteiger partial charge in [0.2, 0.25) is 5.91 Å². The normalized spacial score (nSPS) is 16.2. The van der Waals surface area contributed by atoms with E-state index < -0.39 is 11.9 Å². The number of Topliss-reactive ketones (excluding diaryl/α,β-unsaturated/α-hetero) is 1. The van der Waals surface area contributed by atoms with Crippen LogP contribution in [-0.2, 0) is 14.3 Å². The van der Waals surface area contributed by atoms with Crippen molar-refractivity contribution in [2.75, 3.05) is 19.7 Å². The van der Waals surface area contributed by atoms with Gasteiger partial charge in [-0.1, -0.05) is 6.42 Å². The number of ketones is 1. The van der Waals surface area contributed by atoms with Crippen LogP contribution in [0.15, 0.2) is 5.38 Å². The van der Waals surface area contributed by atoms with Crippen LogP contribution in [0.4, 0.5) is 0 Å². The number of likely N-dealkylation sites (tertiary alicyclic amines) is 1. The molecule has 8 heteroatoms. The molecular weight excluding hydrogens is 330 g/mol. The van der Waals surface area contributed by atoms with Crippen molar-refractivity contribution in [1.82, 2.24) is 9.88 Å². The Morgan fingerprint density at radius 2 is 2.25 bits per heavy atom. The fourth-order valence-electron chi connectivity index (χ4n) is 2.47. The number of amides is 1. The van der Waals surface area contributed by atoms with E-state index in [4.69, 9.17) is 4.74 Å². The fourth-order valence-corrected chi connectivity index (χ4v) is 3.32. The van der Waals surface area contributed by atoms with E-state index in [1.165, 1.54) is 10.3 Å². The Hall–Kier alpha value is -2.27. The van der Waals surface area contributed by atoms with Crippen molar-refractivity contribution in [1.29, 1.82) is 5.26 Å². The Kier molecular flexibility index (Phi) is 6.44. The molecule has 0 radical (unpaired) electrons. The Labute approximate surface area is 144 Å². The second-order valence-corrected chi connectivity index (χ2v) is 6.34. The van der Waals surface area contributed by atoms with E-state index in [0.29, 0.717) is 13.0 Å². The van der Waals surface area contributed by atoms with Crippen molar-refractivity contribution in [3.8, 4) is 6.07 Å². The van der Waals surface area contributed by atoms with Gasteiger partial charge in [0, 0.05) is 18.3 Å². The number of hydrogen-bond donors (Lipinski definition) is 0. The summed E-state index contributed by atoms with van der Waals surface area (Å²) in [5.41, 5.74) is 0.0933. The molecule has 0 aromatic carbocycles. The zero-order valence-electron chi connectivity index (χ0n) is 13.5. The molecule has 0 N–H and O–H groups in total. The van der Waals surface area contributed by atoms with Crippen molar-refractivity contribution >= 4 is 29.0 Å². The van der Waals surface area contributed by atoms with E-state index in [1.807, 2.05) is 6.07 Å². The van der Waals surface area contributed by atoms with E-state index >= 15 is 0 Å². The molecular formula is C16H19N3O4S. The molecule has 1 aliphatic heterocycles. The summed E-state index contributed by atoms with van der Waals surface area (Å²) in [5.74, 6) is -2.08. The molecule has 0 bridgehead atoms. The molecule has 1 aromatic heterocycles. The van der Waals surface area contributed by atoms with Gasteiger partial charge in [-0.3, -0.25) is 9.59 Å². The molecule has 1 atom stereocenters. The van der Waals surface area contributed by atoms with E-state index in [9.17, 15) is 19.6 Å². The third-order valence-corrected chi connectivity index (χ3v) is 4.63. The highest BCUT2D eigenvalue weighted by Crippen LogP contribution is 2.22. The molecule has 1 unspecified atom stereocenters. The van der Waals surface area contributed by atoms with Gasteiger partial charge in [-0.05, 0) is 19.8 Å². The van der Waals surface area contributed by atoms with E-state index in [1.54, 1.807) is 6.92 Å². The van der Waals surface area contributed by atoms with Crippen LogP contribution in [0.2, 0.25) is 0 Å². The van der Waals surface area contributed by atoms with E-state index in [0.717, 1.165) is 30.6 Å². The second-order valence-electron chi connectivity index (χ2n) is 5.45. The second kappa shape index (κ2) is 8.55. The minimum absolute atomic E-state index is 0.0520. The molecule has 1 amide bonds. The summed E-state index contributed by atoms with van der Waals surface area (Å²) >= 11 is 1.07. The van der Waals surface area contributed by atoms with Gasteiger partial charge in [0.05, 0.1) is 19.2 Å². The highest BCUT2D eigenvalue weighted by Gasteiger charge is 2.28. The van der Waals surface area contributed by atoms with Gasteiger partial charge in [-0.15, -0.1) is 11.3 Å². The molecule has 2 heterocycles. The smallest absolute Gasteiger partial charge is 0.357 e. The number of hydrogen-bond acceptors (Lipinski definition) is 7. The number of nitrogens with zero attached hydrogens (tertiary/aromatic N) is 3. The standard InChI is InChI=1S/C16H19N3O4S/c1-2-23-16(22)12-10-24-15(18-12)11(8-17)13(20)9-19-7-5-3-4-6-14(19)21/h10-11H,2-7,9H2,1H3. The van der Waals surface area contributed by atoms with E-state index in [-0.39, 0.29) is 35.5 Å². The lowest BCUT2D eigenvalue weighted by atomic mass is 10.1.